The second-order valence-electron chi connectivity index (χ2n) is 5.16. The van der Waals surface area contributed by atoms with Gasteiger partial charge in [0.15, 0.2) is 0 Å². The molecule has 2 fully saturated rings. The Bertz CT molecular complexity index is 183. The maximum Gasteiger partial charge on any atom is 0.0499 e. The van der Waals surface area contributed by atoms with Gasteiger partial charge in [-0.1, -0.05) is 19.8 Å². The molecular weight excluding hydrogens is 174 g/mol. The molecule has 0 aromatic heterocycles. The van der Waals surface area contributed by atoms with E-state index in [4.69, 9.17) is 0 Å². The van der Waals surface area contributed by atoms with Crippen molar-refractivity contribution >= 4 is 0 Å². The molecule has 0 atom stereocenters. The van der Waals surface area contributed by atoms with Crippen LogP contribution in [0.25, 0.3) is 0 Å². The molecule has 0 aromatic carbocycles. The lowest BCUT2D eigenvalue weighted by molar-refractivity contribution is 0.0771. The van der Waals surface area contributed by atoms with Crippen LogP contribution in [0.15, 0.2) is 0 Å². The highest BCUT2D eigenvalue weighted by Crippen LogP contribution is 2.40. The molecule has 82 valence electrons. The summed E-state index contributed by atoms with van der Waals surface area (Å²) in [6.07, 6.45) is 7.90. The van der Waals surface area contributed by atoms with E-state index in [1.165, 1.54) is 38.5 Å². The van der Waals surface area contributed by atoms with Crippen molar-refractivity contribution in [3.8, 4) is 0 Å². The SMILES string of the molecule is CCN(CC1(CO)CCCC1)C1CC1. The molecule has 2 saturated carbocycles. The predicted molar refractivity (Wildman–Crippen MR) is 58.3 cm³/mol. The average molecular weight is 197 g/mol. The molecule has 0 amide bonds. The van der Waals surface area contributed by atoms with E-state index in [2.05, 4.69) is 11.8 Å². The van der Waals surface area contributed by atoms with E-state index < -0.39 is 0 Å². The Morgan fingerprint density at radius 3 is 2.36 bits per heavy atom. The van der Waals surface area contributed by atoms with Gasteiger partial charge in [-0.05, 0) is 32.2 Å². The lowest BCUT2D eigenvalue weighted by atomic mass is 9.86. The Balaban J connectivity index is 1.91. The van der Waals surface area contributed by atoms with Crippen LogP contribution in [0.5, 0.6) is 0 Å². The number of hydrogen-bond acceptors (Lipinski definition) is 2. The van der Waals surface area contributed by atoms with Gasteiger partial charge in [0.05, 0.1) is 0 Å². The van der Waals surface area contributed by atoms with Crippen LogP contribution < -0.4 is 0 Å². The number of rotatable bonds is 5. The van der Waals surface area contributed by atoms with Gasteiger partial charge >= 0.3 is 0 Å². The van der Waals surface area contributed by atoms with Crippen molar-refractivity contribution in [3.63, 3.8) is 0 Å². The van der Waals surface area contributed by atoms with E-state index in [1.54, 1.807) is 0 Å². The highest BCUT2D eigenvalue weighted by Gasteiger charge is 2.38. The maximum absolute atomic E-state index is 9.54. The van der Waals surface area contributed by atoms with Gasteiger partial charge in [-0.2, -0.15) is 0 Å². The van der Waals surface area contributed by atoms with Crippen molar-refractivity contribution in [3.05, 3.63) is 0 Å². The quantitative estimate of drug-likeness (QED) is 0.729. The van der Waals surface area contributed by atoms with E-state index in [-0.39, 0.29) is 5.41 Å². The largest absolute Gasteiger partial charge is 0.396 e. The molecule has 0 spiro atoms. The van der Waals surface area contributed by atoms with E-state index in [9.17, 15) is 5.11 Å². The summed E-state index contributed by atoms with van der Waals surface area (Å²) in [5.41, 5.74) is 0.262. The lowest BCUT2D eigenvalue weighted by Gasteiger charge is -2.33. The number of hydrogen-bond donors (Lipinski definition) is 1. The molecule has 2 rings (SSSR count). The fourth-order valence-corrected chi connectivity index (χ4v) is 2.86. The molecular formula is C12H23NO. The van der Waals surface area contributed by atoms with Crippen LogP contribution in [-0.4, -0.2) is 35.7 Å². The van der Waals surface area contributed by atoms with Crippen molar-refractivity contribution < 1.29 is 5.11 Å². The summed E-state index contributed by atoms with van der Waals surface area (Å²) in [6, 6.07) is 0.851. The average Bonchev–Trinajstić information content (AvgIpc) is 2.96. The second-order valence-corrected chi connectivity index (χ2v) is 5.16. The predicted octanol–water partition coefficient (Wildman–Crippen LogP) is 2.02. The normalized spacial score (nSPS) is 25.9. The van der Waals surface area contributed by atoms with Crippen molar-refractivity contribution in [2.45, 2.75) is 51.5 Å². The van der Waals surface area contributed by atoms with Crippen LogP contribution in [0.3, 0.4) is 0 Å². The third-order valence-corrected chi connectivity index (χ3v) is 4.01. The van der Waals surface area contributed by atoms with E-state index >= 15 is 0 Å². The number of aliphatic hydroxyl groups excluding tert-OH is 1. The first-order valence-corrected chi connectivity index (χ1v) is 6.14. The fourth-order valence-electron chi connectivity index (χ4n) is 2.86. The molecule has 0 bridgehead atoms. The molecule has 0 aromatic rings. The van der Waals surface area contributed by atoms with Gasteiger partial charge in [-0.25, -0.2) is 0 Å². The summed E-state index contributed by atoms with van der Waals surface area (Å²) in [4.78, 5) is 2.58. The van der Waals surface area contributed by atoms with Gasteiger partial charge in [0, 0.05) is 24.6 Å². The Hall–Kier alpha value is -0.0800. The first-order chi connectivity index (χ1) is 6.79. The molecule has 14 heavy (non-hydrogen) atoms. The maximum atomic E-state index is 9.54. The zero-order valence-electron chi connectivity index (χ0n) is 9.34. The van der Waals surface area contributed by atoms with Gasteiger partial charge in [0.2, 0.25) is 0 Å². The summed E-state index contributed by atoms with van der Waals surface area (Å²) < 4.78 is 0. The van der Waals surface area contributed by atoms with Crippen LogP contribution >= 0.6 is 0 Å². The van der Waals surface area contributed by atoms with Crippen LogP contribution in [0.1, 0.15) is 45.4 Å². The zero-order chi connectivity index (χ0) is 10.0. The standard InChI is InChI=1S/C12H23NO/c1-2-13(11-5-6-11)9-12(10-14)7-3-4-8-12/h11,14H,2-10H2,1H3. The second kappa shape index (κ2) is 4.19. The molecule has 0 heterocycles. The van der Waals surface area contributed by atoms with Crippen molar-refractivity contribution in [2.24, 2.45) is 5.41 Å². The molecule has 2 heteroatoms. The van der Waals surface area contributed by atoms with Crippen molar-refractivity contribution in [1.29, 1.82) is 0 Å². The Morgan fingerprint density at radius 1 is 1.29 bits per heavy atom. The minimum Gasteiger partial charge on any atom is -0.396 e. The van der Waals surface area contributed by atoms with Gasteiger partial charge < -0.3 is 10.0 Å². The highest BCUT2D eigenvalue weighted by atomic mass is 16.3. The lowest BCUT2D eigenvalue weighted by Crippen LogP contribution is -2.39. The third-order valence-electron chi connectivity index (χ3n) is 4.01. The van der Waals surface area contributed by atoms with Crippen molar-refractivity contribution in [2.75, 3.05) is 19.7 Å². The Morgan fingerprint density at radius 2 is 1.93 bits per heavy atom. The fraction of sp³-hybridized carbons (Fsp3) is 1.00. The van der Waals surface area contributed by atoms with Gasteiger partial charge in [0.1, 0.15) is 0 Å². The van der Waals surface area contributed by atoms with E-state index in [0.717, 1.165) is 19.1 Å². The zero-order valence-corrected chi connectivity index (χ0v) is 9.34. The summed E-state index contributed by atoms with van der Waals surface area (Å²) >= 11 is 0. The summed E-state index contributed by atoms with van der Waals surface area (Å²) in [7, 11) is 0. The van der Waals surface area contributed by atoms with Crippen molar-refractivity contribution in [1.82, 2.24) is 4.90 Å². The molecule has 0 aliphatic heterocycles. The minimum absolute atomic E-state index is 0.262. The van der Waals surface area contributed by atoms with Gasteiger partial charge in [-0.3, -0.25) is 0 Å². The van der Waals surface area contributed by atoms with Gasteiger partial charge in [-0.15, -0.1) is 0 Å². The van der Waals surface area contributed by atoms with Gasteiger partial charge in [0.25, 0.3) is 0 Å². The molecule has 1 N–H and O–H groups in total. The molecule has 0 unspecified atom stereocenters. The number of aliphatic hydroxyl groups is 1. The van der Waals surface area contributed by atoms with E-state index in [1.807, 2.05) is 0 Å². The molecule has 2 aliphatic rings. The topological polar surface area (TPSA) is 23.5 Å². The third kappa shape index (κ3) is 2.12. The van der Waals surface area contributed by atoms with Crippen LogP contribution in [0.2, 0.25) is 0 Å². The Kier molecular flexibility index (Phi) is 3.13. The first-order valence-electron chi connectivity index (χ1n) is 6.14. The molecule has 2 aliphatic carbocycles. The van der Waals surface area contributed by atoms with Crippen LogP contribution in [0, 0.1) is 5.41 Å². The summed E-state index contributed by atoms with van der Waals surface area (Å²) in [5, 5.41) is 9.54. The van der Waals surface area contributed by atoms with Crippen LogP contribution in [-0.2, 0) is 0 Å². The Labute approximate surface area is 87.3 Å². The molecule has 0 radical (unpaired) electrons. The van der Waals surface area contributed by atoms with Crippen LogP contribution in [0.4, 0.5) is 0 Å². The molecule has 2 nitrogen and oxygen atoms in total. The summed E-state index contributed by atoms with van der Waals surface area (Å²) in [5.74, 6) is 0. The number of nitrogens with zero attached hydrogens (tertiary/aromatic N) is 1. The monoisotopic (exact) mass is 197 g/mol. The molecule has 0 saturated heterocycles. The minimum atomic E-state index is 0.262. The summed E-state index contributed by atoms with van der Waals surface area (Å²) in [6.45, 7) is 4.95. The first kappa shape index (κ1) is 10.4. The highest BCUT2D eigenvalue weighted by molar-refractivity contribution is 4.92. The van der Waals surface area contributed by atoms with E-state index in [0.29, 0.717) is 6.61 Å². The smallest absolute Gasteiger partial charge is 0.0499 e.